The van der Waals surface area contributed by atoms with Gasteiger partial charge in [-0.2, -0.15) is 5.26 Å². The summed E-state index contributed by atoms with van der Waals surface area (Å²) in [6.07, 6.45) is 0. The van der Waals surface area contributed by atoms with Gasteiger partial charge in [0, 0.05) is 11.3 Å². The van der Waals surface area contributed by atoms with Gasteiger partial charge in [0.25, 0.3) is 0 Å². The van der Waals surface area contributed by atoms with Gasteiger partial charge in [-0.25, -0.2) is 0 Å². The molecule has 0 heterocycles. The van der Waals surface area contributed by atoms with Crippen LogP contribution in [-0.2, 0) is 11.4 Å². The molecule has 4 nitrogen and oxygen atoms in total. The number of carbonyl (C=O) groups excluding carboxylic acids is 1. The predicted molar refractivity (Wildman–Crippen MR) is 63.9 cm³/mol. The summed E-state index contributed by atoms with van der Waals surface area (Å²) in [6, 6.07) is 9.02. The summed E-state index contributed by atoms with van der Waals surface area (Å²) in [5.74, 6) is 0.378. The van der Waals surface area contributed by atoms with E-state index in [0.717, 1.165) is 0 Å². The maximum atomic E-state index is 11.4. The number of para-hydroxylation sites is 1. The van der Waals surface area contributed by atoms with Crippen LogP contribution in [0.5, 0.6) is 0 Å². The van der Waals surface area contributed by atoms with Crippen LogP contribution in [0.2, 0.25) is 0 Å². The van der Waals surface area contributed by atoms with Crippen LogP contribution < -0.4 is 5.32 Å². The summed E-state index contributed by atoms with van der Waals surface area (Å²) < 4.78 is 0. The summed E-state index contributed by atoms with van der Waals surface area (Å²) in [6.45, 7) is -0.109. The maximum Gasteiger partial charge on any atom is 0.234 e. The molecule has 0 saturated carbocycles. The Kier molecular flexibility index (Phi) is 5.40. The van der Waals surface area contributed by atoms with Crippen molar-refractivity contribution in [1.29, 1.82) is 5.26 Å². The van der Waals surface area contributed by atoms with Gasteiger partial charge in [0.2, 0.25) is 5.91 Å². The number of nitriles is 1. The molecule has 16 heavy (non-hydrogen) atoms. The van der Waals surface area contributed by atoms with Crippen molar-refractivity contribution < 1.29 is 9.90 Å². The molecule has 0 aliphatic carbocycles. The molecule has 2 N–H and O–H groups in total. The molecule has 0 aromatic heterocycles. The third-order valence-electron chi connectivity index (χ3n) is 1.86. The summed E-state index contributed by atoms with van der Waals surface area (Å²) in [5, 5.41) is 20.1. The summed E-state index contributed by atoms with van der Waals surface area (Å²) >= 11 is 1.26. The van der Waals surface area contributed by atoms with Crippen LogP contribution in [0.4, 0.5) is 5.69 Å². The van der Waals surface area contributed by atoms with E-state index in [9.17, 15) is 4.79 Å². The first-order valence-corrected chi connectivity index (χ1v) is 5.86. The average Bonchev–Trinajstić information content (AvgIpc) is 2.30. The number of carbonyl (C=O) groups is 1. The molecule has 0 aliphatic rings. The highest BCUT2D eigenvalue weighted by molar-refractivity contribution is 8.00. The Balaban J connectivity index is 2.53. The van der Waals surface area contributed by atoms with E-state index in [-0.39, 0.29) is 18.3 Å². The van der Waals surface area contributed by atoms with Gasteiger partial charge in [-0.3, -0.25) is 4.79 Å². The molecule has 0 spiro atoms. The Hall–Kier alpha value is -1.51. The number of anilines is 1. The highest BCUT2D eigenvalue weighted by Crippen LogP contribution is 2.15. The number of aliphatic hydroxyl groups excluding tert-OH is 1. The lowest BCUT2D eigenvalue weighted by Gasteiger charge is -2.08. The van der Waals surface area contributed by atoms with E-state index in [1.165, 1.54) is 11.8 Å². The van der Waals surface area contributed by atoms with Crippen LogP contribution in [-0.4, -0.2) is 22.5 Å². The molecule has 0 aliphatic heterocycles. The Bertz CT molecular complexity index is 401. The number of thioether (sulfide) groups is 1. The first-order chi connectivity index (χ1) is 7.77. The smallest absolute Gasteiger partial charge is 0.234 e. The van der Waals surface area contributed by atoms with E-state index in [0.29, 0.717) is 17.0 Å². The van der Waals surface area contributed by atoms with E-state index in [2.05, 4.69) is 5.32 Å². The monoisotopic (exact) mass is 236 g/mol. The number of hydrogen-bond acceptors (Lipinski definition) is 4. The zero-order valence-electron chi connectivity index (χ0n) is 8.64. The molecule has 1 aromatic rings. The molecule has 0 saturated heterocycles. The molecule has 84 valence electrons. The number of nitrogens with zero attached hydrogens (tertiary/aromatic N) is 1. The number of benzene rings is 1. The molecule has 0 atom stereocenters. The van der Waals surface area contributed by atoms with Gasteiger partial charge in [0.15, 0.2) is 0 Å². The highest BCUT2D eigenvalue weighted by Gasteiger charge is 2.05. The number of hydrogen-bond donors (Lipinski definition) is 2. The summed E-state index contributed by atoms with van der Waals surface area (Å²) in [4.78, 5) is 11.4. The van der Waals surface area contributed by atoms with E-state index in [1.807, 2.05) is 6.07 Å². The van der Waals surface area contributed by atoms with Crippen molar-refractivity contribution in [3.63, 3.8) is 0 Å². The molecule has 1 rings (SSSR count). The van der Waals surface area contributed by atoms with Crippen LogP contribution in [0.3, 0.4) is 0 Å². The van der Waals surface area contributed by atoms with Gasteiger partial charge < -0.3 is 10.4 Å². The van der Waals surface area contributed by atoms with Crippen molar-refractivity contribution in [1.82, 2.24) is 0 Å². The predicted octanol–water partition coefficient (Wildman–Crippen LogP) is 1.37. The SMILES string of the molecule is N#CCSCC(=O)Nc1ccccc1CO. The lowest BCUT2D eigenvalue weighted by molar-refractivity contribution is -0.113. The average molecular weight is 236 g/mol. The molecule has 5 heteroatoms. The Morgan fingerprint density at radius 2 is 2.25 bits per heavy atom. The van der Waals surface area contributed by atoms with Gasteiger partial charge in [-0.15, -0.1) is 11.8 Å². The van der Waals surface area contributed by atoms with Crippen molar-refractivity contribution in [2.45, 2.75) is 6.61 Å². The van der Waals surface area contributed by atoms with Crippen LogP contribution in [0, 0.1) is 11.3 Å². The Morgan fingerprint density at radius 3 is 2.94 bits per heavy atom. The molecule has 1 amide bonds. The minimum Gasteiger partial charge on any atom is -0.392 e. The van der Waals surface area contributed by atoms with Gasteiger partial charge >= 0.3 is 0 Å². The lowest BCUT2D eigenvalue weighted by atomic mass is 10.2. The Labute approximate surface area is 98.3 Å². The molecule has 1 aromatic carbocycles. The molecular formula is C11H12N2O2S. The maximum absolute atomic E-state index is 11.4. The van der Waals surface area contributed by atoms with Crippen molar-refractivity contribution in [2.75, 3.05) is 16.8 Å². The molecule has 0 bridgehead atoms. The normalized spacial score (nSPS) is 9.50. The minimum absolute atomic E-state index is 0.109. The van der Waals surface area contributed by atoms with Crippen molar-refractivity contribution in [2.24, 2.45) is 0 Å². The van der Waals surface area contributed by atoms with Crippen LogP contribution in [0.1, 0.15) is 5.56 Å². The fourth-order valence-electron chi connectivity index (χ4n) is 1.16. The first kappa shape index (κ1) is 12.6. The third-order valence-corrected chi connectivity index (χ3v) is 2.66. The molecule has 0 fully saturated rings. The van der Waals surface area contributed by atoms with E-state index >= 15 is 0 Å². The summed E-state index contributed by atoms with van der Waals surface area (Å²) in [7, 11) is 0. The highest BCUT2D eigenvalue weighted by atomic mass is 32.2. The quantitative estimate of drug-likeness (QED) is 0.757. The van der Waals surface area contributed by atoms with Crippen molar-refractivity contribution >= 4 is 23.4 Å². The number of rotatable bonds is 5. The zero-order valence-corrected chi connectivity index (χ0v) is 9.46. The lowest BCUT2D eigenvalue weighted by Crippen LogP contribution is -2.15. The second-order valence-corrected chi connectivity index (χ2v) is 4.00. The molecule has 0 unspecified atom stereocenters. The van der Waals surface area contributed by atoms with Gasteiger partial charge in [0.1, 0.15) is 0 Å². The van der Waals surface area contributed by atoms with Gasteiger partial charge in [-0.1, -0.05) is 18.2 Å². The van der Waals surface area contributed by atoms with Gasteiger partial charge in [0.05, 0.1) is 24.2 Å². The second-order valence-electron chi connectivity index (χ2n) is 3.01. The van der Waals surface area contributed by atoms with E-state index in [4.69, 9.17) is 10.4 Å². The van der Waals surface area contributed by atoms with Crippen molar-refractivity contribution in [3.8, 4) is 6.07 Å². The Morgan fingerprint density at radius 1 is 1.50 bits per heavy atom. The fourth-order valence-corrected chi connectivity index (χ4v) is 1.61. The first-order valence-electron chi connectivity index (χ1n) is 4.71. The van der Waals surface area contributed by atoms with Crippen molar-refractivity contribution in [3.05, 3.63) is 29.8 Å². The zero-order chi connectivity index (χ0) is 11.8. The third kappa shape index (κ3) is 3.93. The molecule has 0 radical (unpaired) electrons. The van der Waals surface area contributed by atoms with Crippen LogP contribution in [0.25, 0.3) is 0 Å². The van der Waals surface area contributed by atoms with Crippen LogP contribution >= 0.6 is 11.8 Å². The molecular weight excluding hydrogens is 224 g/mol. The van der Waals surface area contributed by atoms with E-state index in [1.54, 1.807) is 24.3 Å². The fraction of sp³-hybridized carbons (Fsp3) is 0.273. The number of aliphatic hydroxyl groups is 1. The number of nitrogens with one attached hydrogen (secondary N) is 1. The second kappa shape index (κ2) is 6.88. The van der Waals surface area contributed by atoms with E-state index < -0.39 is 0 Å². The summed E-state index contributed by atoms with van der Waals surface area (Å²) in [5.41, 5.74) is 1.30. The largest absolute Gasteiger partial charge is 0.392 e. The standard InChI is InChI=1S/C11H12N2O2S/c12-5-6-16-8-11(15)13-10-4-2-1-3-9(10)7-14/h1-4,14H,6-8H2,(H,13,15). The minimum atomic E-state index is -0.166. The van der Waals surface area contributed by atoms with Crippen LogP contribution in [0.15, 0.2) is 24.3 Å². The topological polar surface area (TPSA) is 73.1 Å². The number of amides is 1. The van der Waals surface area contributed by atoms with Gasteiger partial charge in [-0.05, 0) is 6.07 Å².